The number of aryl methyl sites for hydroxylation is 2. The van der Waals surface area contributed by atoms with Crippen LogP contribution >= 0.6 is 11.3 Å². The topological polar surface area (TPSA) is 67.2 Å². The van der Waals surface area contributed by atoms with Gasteiger partial charge in [0.05, 0.1) is 11.7 Å². The summed E-state index contributed by atoms with van der Waals surface area (Å²) in [6.45, 7) is 3.94. The molecule has 0 aliphatic heterocycles. The number of carbonyl (C=O) groups excluding carboxylic acids is 1. The second-order valence-electron chi connectivity index (χ2n) is 7.20. The number of aromatic nitrogens is 2. The van der Waals surface area contributed by atoms with Crippen molar-refractivity contribution in [1.82, 2.24) is 19.8 Å². The van der Waals surface area contributed by atoms with Crippen LogP contribution in [-0.4, -0.2) is 47.5 Å². The van der Waals surface area contributed by atoms with Crippen LogP contribution in [0.15, 0.2) is 40.8 Å². The van der Waals surface area contributed by atoms with Gasteiger partial charge in [0.15, 0.2) is 0 Å². The van der Waals surface area contributed by atoms with Gasteiger partial charge in [0.1, 0.15) is 4.83 Å². The summed E-state index contributed by atoms with van der Waals surface area (Å²) in [6, 6.07) is 8.12. The van der Waals surface area contributed by atoms with Crippen molar-refractivity contribution in [3.63, 3.8) is 0 Å². The van der Waals surface area contributed by atoms with E-state index in [4.69, 9.17) is 0 Å². The predicted octanol–water partition coefficient (Wildman–Crippen LogP) is 2.89. The van der Waals surface area contributed by atoms with E-state index >= 15 is 0 Å². The highest BCUT2D eigenvalue weighted by Gasteiger charge is 2.13. The number of benzene rings is 1. The van der Waals surface area contributed by atoms with Gasteiger partial charge < -0.3 is 10.2 Å². The Labute approximate surface area is 168 Å². The lowest BCUT2D eigenvalue weighted by atomic mass is 10.1. The number of amides is 1. The Hall–Kier alpha value is -2.51. The Kier molecular flexibility index (Phi) is 6.59. The zero-order valence-electron chi connectivity index (χ0n) is 16.6. The summed E-state index contributed by atoms with van der Waals surface area (Å²) in [5.74, 6) is -0.0465. The largest absolute Gasteiger partial charge is 0.356 e. The smallest absolute Gasteiger partial charge is 0.262 e. The van der Waals surface area contributed by atoms with E-state index in [1.54, 1.807) is 6.33 Å². The second-order valence-corrected chi connectivity index (χ2v) is 8.05. The Balaban J connectivity index is 1.72. The Bertz CT molecular complexity index is 1010. The molecular formula is C21H26N4O2S. The molecule has 0 spiro atoms. The van der Waals surface area contributed by atoms with E-state index < -0.39 is 0 Å². The van der Waals surface area contributed by atoms with E-state index in [0.717, 1.165) is 28.9 Å². The van der Waals surface area contributed by atoms with Crippen molar-refractivity contribution in [2.45, 2.75) is 26.3 Å². The molecule has 0 aliphatic carbocycles. The summed E-state index contributed by atoms with van der Waals surface area (Å²) in [4.78, 5) is 32.3. The quantitative estimate of drug-likeness (QED) is 0.593. The molecule has 0 radical (unpaired) electrons. The summed E-state index contributed by atoms with van der Waals surface area (Å²) >= 11 is 1.47. The number of thiophene rings is 1. The number of fused-ring (bicyclic) bond motifs is 1. The molecule has 2 aromatic heterocycles. The van der Waals surface area contributed by atoms with Gasteiger partial charge in [-0.3, -0.25) is 14.2 Å². The maximum absolute atomic E-state index is 13.0. The van der Waals surface area contributed by atoms with Gasteiger partial charge in [0.2, 0.25) is 5.91 Å². The van der Waals surface area contributed by atoms with Gasteiger partial charge in [0.25, 0.3) is 5.56 Å². The molecule has 7 heteroatoms. The highest BCUT2D eigenvalue weighted by molar-refractivity contribution is 7.17. The van der Waals surface area contributed by atoms with Crippen LogP contribution in [0, 0.1) is 6.92 Å². The average Bonchev–Trinajstić information content (AvgIpc) is 3.10. The van der Waals surface area contributed by atoms with E-state index in [2.05, 4.69) is 15.2 Å². The van der Waals surface area contributed by atoms with Crippen LogP contribution in [0.2, 0.25) is 0 Å². The maximum Gasteiger partial charge on any atom is 0.262 e. The van der Waals surface area contributed by atoms with Crippen LogP contribution in [0.4, 0.5) is 0 Å². The lowest BCUT2D eigenvalue weighted by molar-refractivity contribution is -0.121. The molecule has 1 amide bonds. The highest BCUT2D eigenvalue weighted by Crippen LogP contribution is 2.30. The first-order valence-corrected chi connectivity index (χ1v) is 10.3. The van der Waals surface area contributed by atoms with Gasteiger partial charge in [-0.2, -0.15) is 0 Å². The summed E-state index contributed by atoms with van der Waals surface area (Å²) < 4.78 is 1.53. The normalized spacial score (nSPS) is 11.3. The van der Waals surface area contributed by atoms with Crippen molar-refractivity contribution in [3.05, 3.63) is 51.9 Å². The first-order chi connectivity index (χ1) is 13.5. The van der Waals surface area contributed by atoms with Crippen LogP contribution < -0.4 is 10.9 Å². The van der Waals surface area contributed by atoms with Crippen molar-refractivity contribution in [3.8, 4) is 11.1 Å². The standard InChI is InChI=1S/C21H26N4O2S/c1-15-5-7-16(8-6-15)17-13-28-20-19(17)21(27)25(14-23-20)12-9-18(26)22-10-4-11-24(2)3/h5-8,13-14H,4,9-12H2,1-3H3,(H,22,26). The SMILES string of the molecule is Cc1ccc(-c2csc3ncn(CCC(=O)NCCCN(C)C)c(=O)c23)cc1. The fourth-order valence-corrected chi connectivity index (χ4v) is 3.91. The van der Waals surface area contributed by atoms with E-state index in [9.17, 15) is 9.59 Å². The minimum absolute atomic E-state index is 0.0465. The molecule has 0 fully saturated rings. The molecule has 0 saturated heterocycles. The molecule has 1 aromatic carbocycles. The van der Waals surface area contributed by atoms with Crippen LogP contribution in [-0.2, 0) is 11.3 Å². The third-order valence-corrected chi connectivity index (χ3v) is 5.49. The lowest BCUT2D eigenvalue weighted by Gasteiger charge is -2.10. The van der Waals surface area contributed by atoms with Crippen molar-refractivity contribution in [2.24, 2.45) is 0 Å². The summed E-state index contributed by atoms with van der Waals surface area (Å²) in [7, 11) is 4.01. The highest BCUT2D eigenvalue weighted by atomic mass is 32.1. The minimum Gasteiger partial charge on any atom is -0.356 e. The molecule has 148 valence electrons. The molecule has 0 unspecified atom stereocenters. The molecule has 0 bridgehead atoms. The zero-order chi connectivity index (χ0) is 20.1. The van der Waals surface area contributed by atoms with Crippen molar-refractivity contribution in [2.75, 3.05) is 27.2 Å². The van der Waals surface area contributed by atoms with Gasteiger partial charge in [-0.05, 0) is 39.5 Å². The van der Waals surface area contributed by atoms with E-state index in [1.165, 1.54) is 21.5 Å². The van der Waals surface area contributed by atoms with Crippen LogP contribution in [0.25, 0.3) is 21.3 Å². The van der Waals surface area contributed by atoms with E-state index in [-0.39, 0.29) is 17.9 Å². The Morgan fingerprint density at radius 1 is 1.25 bits per heavy atom. The minimum atomic E-state index is -0.0952. The van der Waals surface area contributed by atoms with Crippen molar-refractivity contribution >= 4 is 27.5 Å². The summed E-state index contributed by atoms with van der Waals surface area (Å²) in [5.41, 5.74) is 2.99. The number of carbonyl (C=O) groups is 1. The van der Waals surface area contributed by atoms with E-state index in [1.807, 2.05) is 50.7 Å². The number of hydrogen-bond donors (Lipinski definition) is 1. The van der Waals surface area contributed by atoms with Crippen LogP contribution in [0.5, 0.6) is 0 Å². The first-order valence-electron chi connectivity index (χ1n) is 9.41. The number of hydrogen-bond acceptors (Lipinski definition) is 5. The Morgan fingerprint density at radius 2 is 2.00 bits per heavy atom. The zero-order valence-corrected chi connectivity index (χ0v) is 17.4. The summed E-state index contributed by atoms with van der Waals surface area (Å²) in [6.07, 6.45) is 2.71. The second kappa shape index (κ2) is 9.12. The molecule has 6 nitrogen and oxygen atoms in total. The predicted molar refractivity (Wildman–Crippen MR) is 115 cm³/mol. The Morgan fingerprint density at radius 3 is 2.71 bits per heavy atom. The van der Waals surface area contributed by atoms with Crippen molar-refractivity contribution in [1.29, 1.82) is 0 Å². The molecule has 3 aromatic rings. The third-order valence-electron chi connectivity index (χ3n) is 4.61. The molecule has 0 aliphatic rings. The van der Waals surface area contributed by atoms with Gasteiger partial charge in [-0.15, -0.1) is 11.3 Å². The molecular weight excluding hydrogens is 372 g/mol. The lowest BCUT2D eigenvalue weighted by Crippen LogP contribution is -2.29. The average molecular weight is 399 g/mol. The molecule has 3 rings (SSSR count). The van der Waals surface area contributed by atoms with Crippen molar-refractivity contribution < 1.29 is 4.79 Å². The number of nitrogens with one attached hydrogen (secondary N) is 1. The number of nitrogens with zero attached hydrogens (tertiary/aromatic N) is 3. The first kappa shape index (κ1) is 20.2. The molecule has 0 atom stereocenters. The van der Waals surface area contributed by atoms with Gasteiger partial charge >= 0.3 is 0 Å². The fourth-order valence-electron chi connectivity index (χ4n) is 3.01. The van der Waals surface area contributed by atoms with Crippen LogP contribution in [0.1, 0.15) is 18.4 Å². The number of rotatable bonds is 8. The fraction of sp³-hybridized carbons (Fsp3) is 0.381. The van der Waals surface area contributed by atoms with Gasteiger partial charge in [-0.1, -0.05) is 29.8 Å². The van der Waals surface area contributed by atoms with Gasteiger partial charge in [-0.25, -0.2) is 4.98 Å². The molecule has 1 N–H and O–H groups in total. The molecule has 0 saturated carbocycles. The summed E-state index contributed by atoms with van der Waals surface area (Å²) in [5, 5.41) is 5.51. The molecule has 2 heterocycles. The maximum atomic E-state index is 13.0. The van der Waals surface area contributed by atoms with E-state index in [0.29, 0.717) is 18.5 Å². The monoisotopic (exact) mass is 398 g/mol. The molecule has 28 heavy (non-hydrogen) atoms. The van der Waals surface area contributed by atoms with Gasteiger partial charge in [0, 0.05) is 30.5 Å². The van der Waals surface area contributed by atoms with Crippen LogP contribution in [0.3, 0.4) is 0 Å². The third kappa shape index (κ3) is 4.85.